The Morgan fingerprint density at radius 1 is 0.615 bits per heavy atom. The molecule has 4 rings (SSSR count). The quantitative estimate of drug-likeness (QED) is 0.347. The lowest BCUT2D eigenvalue weighted by Crippen LogP contribution is -1.96. The first-order valence-corrected chi connectivity index (χ1v) is 9.57. The lowest BCUT2D eigenvalue weighted by atomic mass is 9.93. The number of fused-ring (bicyclic) bond motifs is 1. The molecule has 0 N–H and O–H groups in total. The molecule has 0 saturated heterocycles. The molecule has 1 nitrogen and oxygen atoms in total. The smallest absolute Gasteiger partial charge is 0.0791 e. The zero-order chi connectivity index (χ0) is 17.9. The van der Waals surface area contributed by atoms with Gasteiger partial charge in [-0.25, -0.2) is 4.98 Å². The van der Waals surface area contributed by atoms with E-state index in [0.717, 1.165) is 44.4 Å². The Hall–Kier alpha value is -2.35. The van der Waals surface area contributed by atoms with Crippen molar-refractivity contribution >= 4 is 34.1 Å². The molecule has 0 radical (unpaired) electrons. The van der Waals surface area contributed by atoms with Crippen molar-refractivity contribution in [1.29, 1.82) is 0 Å². The van der Waals surface area contributed by atoms with Crippen LogP contribution < -0.4 is 0 Å². The summed E-state index contributed by atoms with van der Waals surface area (Å²) in [4.78, 5) is 5.00. The highest BCUT2D eigenvalue weighted by molar-refractivity contribution is 6.18. The van der Waals surface area contributed by atoms with Crippen molar-refractivity contribution < 1.29 is 0 Å². The molecule has 0 aliphatic rings. The van der Waals surface area contributed by atoms with E-state index in [1.807, 2.05) is 42.5 Å². The van der Waals surface area contributed by atoms with Crippen LogP contribution in [0.15, 0.2) is 78.9 Å². The molecule has 0 aliphatic carbocycles. The molecule has 0 atom stereocenters. The third kappa shape index (κ3) is 3.09. The Balaban J connectivity index is 2.08. The van der Waals surface area contributed by atoms with Crippen molar-refractivity contribution in [1.82, 2.24) is 4.98 Å². The standard InChI is InChI=1S/C23H17Cl2N/c24-14-17-8-1-4-10-19(17)21-13-16-7-3-6-12-22(16)26-23(21)20-11-5-2-9-18(20)15-25/h1-13H,14-15H2. The van der Waals surface area contributed by atoms with E-state index in [2.05, 4.69) is 36.4 Å². The second-order valence-corrected chi connectivity index (χ2v) is 6.69. The number of halogens is 2. The monoisotopic (exact) mass is 377 g/mol. The zero-order valence-electron chi connectivity index (χ0n) is 14.1. The third-order valence-corrected chi connectivity index (χ3v) is 5.17. The van der Waals surface area contributed by atoms with Crippen molar-refractivity contribution in [3.63, 3.8) is 0 Å². The van der Waals surface area contributed by atoms with E-state index in [1.165, 1.54) is 0 Å². The number of para-hydroxylation sites is 1. The van der Waals surface area contributed by atoms with Crippen LogP contribution in [0.1, 0.15) is 11.1 Å². The van der Waals surface area contributed by atoms with Crippen molar-refractivity contribution in [2.24, 2.45) is 0 Å². The Morgan fingerprint density at radius 2 is 1.19 bits per heavy atom. The summed E-state index contributed by atoms with van der Waals surface area (Å²) in [5.41, 5.74) is 7.33. The summed E-state index contributed by atoms with van der Waals surface area (Å²) in [6, 6.07) is 26.8. The maximum atomic E-state index is 6.22. The van der Waals surface area contributed by atoms with Gasteiger partial charge in [0.15, 0.2) is 0 Å². The number of aromatic nitrogens is 1. The fourth-order valence-electron chi connectivity index (χ4n) is 3.29. The average Bonchev–Trinajstić information content (AvgIpc) is 2.72. The summed E-state index contributed by atoms with van der Waals surface area (Å²) >= 11 is 12.4. The molecule has 0 spiro atoms. The Labute approximate surface area is 163 Å². The summed E-state index contributed by atoms with van der Waals surface area (Å²) < 4.78 is 0. The lowest BCUT2D eigenvalue weighted by Gasteiger charge is -2.16. The maximum Gasteiger partial charge on any atom is 0.0791 e. The van der Waals surface area contributed by atoms with Gasteiger partial charge >= 0.3 is 0 Å². The van der Waals surface area contributed by atoms with Crippen LogP contribution in [0.25, 0.3) is 33.3 Å². The van der Waals surface area contributed by atoms with Crippen molar-refractivity contribution in [2.45, 2.75) is 11.8 Å². The zero-order valence-corrected chi connectivity index (χ0v) is 15.6. The Morgan fingerprint density at radius 3 is 1.92 bits per heavy atom. The van der Waals surface area contributed by atoms with Crippen LogP contribution in [-0.2, 0) is 11.8 Å². The second kappa shape index (κ2) is 7.49. The van der Waals surface area contributed by atoms with E-state index in [1.54, 1.807) is 0 Å². The largest absolute Gasteiger partial charge is 0.247 e. The minimum Gasteiger partial charge on any atom is -0.247 e. The normalized spacial score (nSPS) is 11.0. The third-order valence-electron chi connectivity index (χ3n) is 4.59. The van der Waals surface area contributed by atoms with E-state index in [9.17, 15) is 0 Å². The molecule has 0 unspecified atom stereocenters. The number of alkyl halides is 2. The van der Waals surface area contributed by atoms with E-state index in [0.29, 0.717) is 11.8 Å². The fourth-order valence-corrected chi connectivity index (χ4v) is 3.76. The minimum atomic E-state index is 0.446. The fraction of sp³-hybridized carbons (Fsp3) is 0.0870. The highest BCUT2D eigenvalue weighted by Gasteiger charge is 2.15. The van der Waals surface area contributed by atoms with Gasteiger partial charge in [-0.05, 0) is 28.8 Å². The van der Waals surface area contributed by atoms with Gasteiger partial charge in [0.05, 0.1) is 11.2 Å². The molecule has 1 aromatic heterocycles. The number of pyridine rings is 1. The molecule has 0 saturated carbocycles. The molecule has 0 amide bonds. The van der Waals surface area contributed by atoms with Gasteiger partial charge < -0.3 is 0 Å². The number of hydrogen-bond acceptors (Lipinski definition) is 1. The molecule has 3 aromatic carbocycles. The van der Waals surface area contributed by atoms with Crippen LogP contribution in [0.5, 0.6) is 0 Å². The van der Waals surface area contributed by atoms with E-state index < -0.39 is 0 Å². The molecular weight excluding hydrogens is 361 g/mol. The van der Waals surface area contributed by atoms with E-state index >= 15 is 0 Å². The van der Waals surface area contributed by atoms with Gasteiger partial charge in [-0.1, -0.05) is 66.7 Å². The van der Waals surface area contributed by atoms with Gasteiger partial charge in [-0.15, -0.1) is 23.2 Å². The molecule has 0 aliphatic heterocycles. The van der Waals surface area contributed by atoms with Gasteiger partial charge in [0, 0.05) is 28.3 Å². The number of rotatable bonds is 4. The van der Waals surface area contributed by atoms with Crippen LogP contribution >= 0.6 is 23.2 Å². The predicted octanol–water partition coefficient (Wildman–Crippen LogP) is 7.05. The van der Waals surface area contributed by atoms with Gasteiger partial charge in [0.1, 0.15) is 0 Å². The molecular formula is C23H17Cl2N. The topological polar surface area (TPSA) is 12.9 Å². The van der Waals surface area contributed by atoms with Gasteiger partial charge in [0.2, 0.25) is 0 Å². The molecule has 26 heavy (non-hydrogen) atoms. The summed E-state index contributed by atoms with van der Waals surface area (Å²) in [6.45, 7) is 0. The van der Waals surface area contributed by atoms with E-state index in [4.69, 9.17) is 28.2 Å². The SMILES string of the molecule is ClCc1ccccc1-c1cc2ccccc2nc1-c1ccccc1CCl. The number of nitrogens with zero attached hydrogens (tertiary/aromatic N) is 1. The summed E-state index contributed by atoms with van der Waals surface area (Å²) in [7, 11) is 0. The summed E-state index contributed by atoms with van der Waals surface area (Å²) in [5.74, 6) is 0.904. The van der Waals surface area contributed by atoms with Crippen molar-refractivity contribution in [3.05, 3.63) is 90.0 Å². The highest BCUT2D eigenvalue weighted by atomic mass is 35.5. The van der Waals surface area contributed by atoms with Gasteiger partial charge in [-0.2, -0.15) is 0 Å². The predicted molar refractivity (Wildman–Crippen MR) is 112 cm³/mol. The van der Waals surface area contributed by atoms with Crippen molar-refractivity contribution in [3.8, 4) is 22.4 Å². The average molecular weight is 378 g/mol. The molecule has 1 heterocycles. The first-order valence-electron chi connectivity index (χ1n) is 8.50. The van der Waals surface area contributed by atoms with Gasteiger partial charge in [0.25, 0.3) is 0 Å². The number of hydrogen-bond donors (Lipinski definition) is 0. The van der Waals surface area contributed by atoms with Crippen molar-refractivity contribution in [2.75, 3.05) is 0 Å². The first-order chi connectivity index (χ1) is 12.8. The maximum absolute atomic E-state index is 6.22. The first kappa shape index (κ1) is 17.1. The molecule has 0 fully saturated rings. The van der Waals surface area contributed by atoms with E-state index in [-0.39, 0.29) is 0 Å². The lowest BCUT2D eigenvalue weighted by molar-refractivity contribution is 1.32. The molecule has 0 bridgehead atoms. The molecule has 3 heteroatoms. The second-order valence-electron chi connectivity index (χ2n) is 6.16. The van der Waals surface area contributed by atoms with Crippen LogP contribution in [0.3, 0.4) is 0 Å². The molecule has 128 valence electrons. The summed E-state index contributed by atoms with van der Waals surface area (Å²) in [6.07, 6.45) is 0. The van der Waals surface area contributed by atoms with Crippen LogP contribution in [0, 0.1) is 0 Å². The van der Waals surface area contributed by atoms with Gasteiger partial charge in [-0.3, -0.25) is 0 Å². The Bertz CT molecular complexity index is 986. The highest BCUT2D eigenvalue weighted by Crippen LogP contribution is 2.37. The minimum absolute atomic E-state index is 0.446. The molecule has 4 aromatic rings. The van der Waals surface area contributed by atoms with Crippen LogP contribution in [0.2, 0.25) is 0 Å². The number of benzene rings is 3. The summed E-state index contributed by atoms with van der Waals surface area (Å²) in [5, 5.41) is 1.11. The Kier molecular flexibility index (Phi) is 4.92. The van der Waals surface area contributed by atoms with Crippen LogP contribution in [-0.4, -0.2) is 4.98 Å². The van der Waals surface area contributed by atoms with Crippen LogP contribution in [0.4, 0.5) is 0 Å².